The molecule has 0 aliphatic heterocycles. The fourth-order valence-corrected chi connectivity index (χ4v) is 3.42. The van der Waals surface area contributed by atoms with E-state index in [2.05, 4.69) is 12.2 Å². The van der Waals surface area contributed by atoms with E-state index < -0.39 is 10.8 Å². The van der Waals surface area contributed by atoms with Crippen molar-refractivity contribution in [2.24, 2.45) is 10.8 Å². The molecule has 4 nitrogen and oxygen atoms in total. The molecule has 0 aromatic heterocycles. The van der Waals surface area contributed by atoms with Gasteiger partial charge in [0.15, 0.2) is 0 Å². The minimum atomic E-state index is -0.626. The summed E-state index contributed by atoms with van der Waals surface area (Å²) in [6.45, 7) is 0. The first-order valence-electron chi connectivity index (χ1n) is 6.55. The summed E-state index contributed by atoms with van der Waals surface area (Å²) in [6, 6.07) is 0. The summed E-state index contributed by atoms with van der Waals surface area (Å²) in [6.07, 6.45) is 11.1. The lowest BCUT2D eigenvalue weighted by Gasteiger charge is -2.50. The van der Waals surface area contributed by atoms with E-state index in [4.69, 9.17) is 9.47 Å². The summed E-state index contributed by atoms with van der Waals surface area (Å²) < 4.78 is 9.85. The normalized spacial score (nSPS) is 32.5. The molecule has 0 bridgehead atoms. The average molecular weight is 264 g/mol. The number of fused-ring (bicyclic) bond motifs is 1. The highest BCUT2D eigenvalue weighted by atomic mass is 16.5. The molecule has 0 aromatic rings. The Bertz CT molecular complexity index is 415. The molecule has 0 amide bonds. The van der Waals surface area contributed by atoms with Crippen LogP contribution in [-0.2, 0) is 19.1 Å². The topological polar surface area (TPSA) is 52.6 Å². The van der Waals surface area contributed by atoms with Crippen LogP contribution in [-0.4, -0.2) is 26.2 Å². The van der Waals surface area contributed by atoms with Gasteiger partial charge in [-0.1, -0.05) is 24.3 Å². The van der Waals surface area contributed by atoms with Crippen molar-refractivity contribution >= 4 is 11.9 Å². The van der Waals surface area contributed by atoms with Gasteiger partial charge in [-0.05, 0) is 25.7 Å². The van der Waals surface area contributed by atoms with Gasteiger partial charge in [0, 0.05) is 5.41 Å². The molecule has 0 spiro atoms. The number of hydrogen-bond acceptors (Lipinski definition) is 4. The molecule has 0 saturated carbocycles. The lowest BCUT2D eigenvalue weighted by atomic mass is 9.52. The van der Waals surface area contributed by atoms with Crippen LogP contribution >= 0.6 is 0 Å². The van der Waals surface area contributed by atoms with Crippen molar-refractivity contribution in [3.8, 4) is 0 Å². The van der Waals surface area contributed by atoms with E-state index in [9.17, 15) is 9.59 Å². The monoisotopic (exact) mass is 264 g/mol. The Morgan fingerprint density at radius 2 is 1.47 bits per heavy atom. The highest BCUT2D eigenvalue weighted by Gasteiger charge is 2.57. The van der Waals surface area contributed by atoms with E-state index in [0.29, 0.717) is 25.7 Å². The van der Waals surface area contributed by atoms with Crippen molar-refractivity contribution in [2.45, 2.75) is 32.1 Å². The zero-order valence-corrected chi connectivity index (χ0v) is 11.5. The van der Waals surface area contributed by atoms with Crippen LogP contribution in [0.15, 0.2) is 24.3 Å². The van der Waals surface area contributed by atoms with Crippen molar-refractivity contribution in [3.63, 3.8) is 0 Å². The summed E-state index contributed by atoms with van der Waals surface area (Å²) in [5.74, 6) is -0.482. The van der Waals surface area contributed by atoms with Crippen LogP contribution in [0, 0.1) is 10.8 Å². The quantitative estimate of drug-likeness (QED) is 0.580. The maximum absolute atomic E-state index is 12.4. The molecule has 0 fully saturated rings. The van der Waals surface area contributed by atoms with Crippen LogP contribution < -0.4 is 0 Å². The molecule has 2 aliphatic rings. The zero-order valence-electron chi connectivity index (χ0n) is 11.5. The summed E-state index contributed by atoms with van der Waals surface area (Å²) in [5.41, 5.74) is -1.03. The molecule has 0 aromatic carbocycles. The van der Waals surface area contributed by atoms with Crippen molar-refractivity contribution in [2.75, 3.05) is 14.2 Å². The third-order valence-corrected chi connectivity index (χ3v) is 4.58. The van der Waals surface area contributed by atoms with E-state index in [1.165, 1.54) is 14.2 Å². The first-order valence-corrected chi connectivity index (χ1v) is 6.55. The minimum Gasteiger partial charge on any atom is -0.469 e. The number of hydrogen-bond donors (Lipinski definition) is 0. The van der Waals surface area contributed by atoms with Gasteiger partial charge in [0.05, 0.1) is 26.1 Å². The average Bonchev–Trinajstić information content (AvgIpc) is 2.45. The van der Waals surface area contributed by atoms with Gasteiger partial charge in [-0.2, -0.15) is 0 Å². The van der Waals surface area contributed by atoms with Crippen molar-refractivity contribution in [1.29, 1.82) is 0 Å². The fourth-order valence-electron chi connectivity index (χ4n) is 3.42. The van der Waals surface area contributed by atoms with Gasteiger partial charge in [-0.15, -0.1) is 0 Å². The Morgan fingerprint density at radius 3 is 1.95 bits per heavy atom. The Hall–Kier alpha value is -1.58. The third-order valence-electron chi connectivity index (χ3n) is 4.58. The second kappa shape index (κ2) is 5.19. The van der Waals surface area contributed by atoms with Gasteiger partial charge in [0.2, 0.25) is 0 Å². The third kappa shape index (κ3) is 2.09. The number of methoxy groups -OCH3 is 2. The predicted octanol–water partition coefficient (Wildman–Crippen LogP) is 2.40. The Morgan fingerprint density at radius 1 is 0.947 bits per heavy atom. The second-order valence-corrected chi connectivity index (χ2v) is 5.37. The first kappa shape index (κ1) is 13.8. The maximum atomic E-state index is 12.4. The molecule has 2 rings (SSSR count). The molecule has 19 heavy (non-hydrogen) atoms. The van der Waals surface area contributed by atoms with Crippen LogP contribution in [0.5, 0.6) is 0 Å². The number of carbonyl (C=O) groups excluding carboxylic acids is 2. The highest BCUT2D eigenvalue weighted by molar-refractivity contribution is 5.81. The molecule has 0 atom stereocenters. The Kier molecular flexibility index (Phi) is 3.78. The summed E-state index contributed by atoms with van der Waals surface area (Å²) >= 11 is 0. The Labute approximate surface area is 113 Å². The van der Waals surface area contributed by atoms with E-state index in [1.807, 2.05) is 12.2 Å². The van der Waals surface area contributed by atoms with Crippen LogP contribution in [0.4, 0.5) is 0 Å². The molecule has 2 aliphatic carbocycles. The summed E-state index contributed by atoms with van der Waals surface area (Å²) in [5, 5.41) is 0. The maximum Gasteiger partial charge on any atom is 0.313 e. The van der Waals surface area contributed by atoms with Gasteiger partial charge in [-0.25, -0.2) is 0 Å². The van der Waals surface area contributed by atoms with Crippen molar-refractivity contribution < 1.29 is 19.1 Å². The van der Waals surface area contributed by atoms with Crippen LogP contribution in [0.2, 0.25) is 0 Å². The van der Waals surface area contributed by atoms with Crippen LogP contribution in [0.1, 0.15) is 32.1 Å². The SMILES string of the molecule is COC(=O)CC12CC=CCC1(C(=O)OC)CC=CC2. The zero-order chi connectivity index (χ0) is 13.9. The summed E-state index contributed by atoms with van der Waals surface area (Å²) in [4.78, 5) is 24.1. The van der Waals surface area contributed by atoms with Gasteiger partial charge in [0.25, 0.3) is 0 Å². The molecule has 0 radical (unpaired) electrons. The van der Waals surface area contributed by atoms with Gasteiger partial charge >= 0.3 is 11.9 Å². The smallest absolute Gasteiger partial charge is 0.313 e. The number of ether oxygens (including phenoxy) is 2. The molecule has 104 valence electrons. The van der Waals surface area contributed by atoms with E-state index in [-0.39, 0.29) is 18.4 Å². The van der Waals surface area contributed by atoms with Crippen LogP contribution in [0.25, 0.3) is 0 Å². The Balaban J connectivity index is 2.44. The standard InChI is InChI=1S/C15H20O4/c1-18-12(16)11-14-7-3-5-9-15(14,13(17)19-2)10-6-4-8-14/h3-6H,7-11H2,1-2H3. The van der Waals surface area contributed by atoms with Crippen molar-refractivity contribution in [1.82, 2.24) is 0 Å². The minimum absolute atomic E-state index is 0.217. The molecule has 0 saturated heterocycles. The van der Waals surface area contributed by atoms with E-state index >= 15 is 0 Å². The number of rotatable bonds is 3. The number of carbonyl (C=O) groups is 2. The number of allylic oxidation sites excluding steroid dienone is 4. The lowest BCUT2D eigenvalue weighted by molar-refractivity contribution is -0.167. The highest BCUT2D eigenvalue weighted by Crippen LogP contribution is 2.58. The molecular weight excluding hydrogens is 244 g/mol. The molecule has 0 heterocycles. The molecule has 0 unspecified atom stereocenters. The van der Waals surface area contributed by atoms with Crippen LogP contribution in [0.3, 0.4) is 0 Å². The molecule has 0 N–H and O–H groups in total. The summed E-state index contributed by atoms with van der Waals surface area (Å²) in [7, 11) is 2.80. The van der Waals surface area contributed by atoms with Crippen molar-refractivity contribution in [3.05, 3.63) is 24.3 Å². The van der Waals surface area contributed by atoms with E-state index in [1.54, 1.807) is 0 Å². The number of esters is 2. The van der Waals surface area contributed by atoms with Gasteiger partial charge in [0.1, 0.15) is 0 Å². The van der Waals surface area contributed by atoms with Gasteiger partial charge in [-0.3, -0.25) is 9.59 Å². The fraction of sp³-hybridized carbons (Fsp3) is 0.600. The largest absolute Gasteiger partial charge is 0.469 e. The van der Waals surface area contributed by atoms with E-state index in [0.717, 1.165) is 0 Å². The first-order chi connectivity index (χ1) is 9.10. The lowest BCUT2D eigenvalue weighted by Crippen LogP contribution is -2.51. The second-order valence-electron chi connectivity index (χ2n) is 5.37. The molecule has 4 heteroatoms. The molecular formula is C15H20O4. The predicted molar refractivity (Wildman–Crippen MR) is 70.3 cm³/mol. The van der Waals surface area contributed by atoms with Gasteiger partial charge < -0.3 is 9.47 Å².